The quantitative estimate of drug-likeness (QED) is 0.256. The molecule has 0 spiro atoms. The maximum absolute atomic E-state index is 13.5. The zero-order chi connectivity index (χ0) is 23.1. The van der Waals surface area contributed by atoms with Gasteiger partial charge < -0.3 is 0 Å². The van der Waals surface area contributed by atoms with Gasteiger partial charge in [0.05, 0.1) is 10.6 Å². The van der Waals surface area contributed by atoms with E-state index in [1.165, 1.54) is 23.1 Å². The number of rotatable bonds is 10. The number of hydrogen-bond donors (Lipinski definition) is 1. The summed E-state index contributed by atoms with van der Waals surface area (Å²) in [6.45, 7) is 7.11. The molecule has 3 rings (SSSR count). The second-order valence-electron chi connectivity index (χ2n) is 6.83. The van der Waals surface area contributed by atoms with Gasteiger partial charge in [-0.15, -0.1) is 16.8 Å². The van der Waals surface area contributed by atoms with Gasteiger partial charge in [0.25, 0.3) is 10.0 Å². The minimum absolute atomic E-state index is 0.126. The van der Waals surface area contributed by atoms with Crippen LogP contribution < -0.4 is 9.62 Å². The standard InChI is InChI=1S/C22H24N4O3S3/c1-4-14-30-22-25-24-21(31-22)23-20(27)15-26(19-9-7-6-8-17(19)5-2)32(28,29)18-12-10-16(3)11-13-18/h4,6-13H,1,5,14-15H2,2-3H3,(H,23,24,27). The molecule has 0 atom stereocenters. The van der Waals surface area contributed by atoms with Crippen LogP contribution in [0, 0.1) is 6.92 Å². The molecule has 3 aromatic rings. The first-order chi connectivity index (χ1) is 15.3. The Labute approximate surface area is 196 Å². The van der Waals surface area contributed by atoms with Crippen LogP contribution in [0.5, 0.6) is 0 Å². The maximum atomic E-state index is 13.5. The Bertz CT molecular complexity index is 1190. The van der Waals surface area contributed by atoms with Crippen LogP contribution in [0.3, 0.4) is 0 Å². The smallest absolute Gasteiger partial charge is 0.264 e. The fraction of sp³-hybridized carbons (Fsp3) is 0.227. The van der Waals surface area contributed by atoms with Gasteiger partial charge in [0.15, 0.2) is 4.34 Å². The number of hydrogen-bond acceptors (Lipinski definition) is 7. The summed E-state index contributed by atoms with van der Waals surface area (Å²) in [6, 6.07) is 13.8. The number of sulfonamides is 1. The van der Waals surface area contributed by atoms with Crippen LogP contribution in [-0.2, 0) is 21.2 Å². The number of benzene rings is 2. The average Bonchev–Trinajstić information content (AvgIpc) is 3.23. The van der Waals surface area contributed by atoms with Crippen LogP contribution in [0.15, 0.2) is 70.4 Å². The van der Waals surface area contributed by atoms with Crippen molar-refractivity contribution in [2.45, 2.75) is 29.5 Å². The molecule has 32 heavy (non-hydrogen) atoms. The molecular weight excluding hydrogens is 464 g/mol. The SMILES string of the molecule is C=CCSc1nnc(NC(=O)CN(c2ccccc2CC)S(=O)(=O)c2ccc(C)cc2)s1. The number of aryl methyl sites for hydroxylation is 2. The van der Waals surface area contributed by atoms with Gasteiger partial charge in [-0.3, -0.25) is 14.4 Å². The topological polar surface area (TPSA) is 92.3 Å². The summed E-state index contributed by atoms with van der Waals surface area (Å²) in [5, 5.41) is 11.0. The highest BCUT2D eigenvalue weighted by Gasteiger charge is 2.28. The summed E-state index contributed by atoms with van der Waals surface area (Å²) in [6.07, 6.45) is 2.38. The third-order valence-electron chi connectivity index (χ3n) is 4.51. The number of nitrogens with zero attached hydrogens (tertiary/aromatic N) is 3. The van der Waals surface area contributed by atoms with E-state index < -0.39 is 15.9 Å². The number of para-hydroxylation sites is 1. The van der Waals surface area contributed by atoms with Crippen LogP contribution in [0.1, 0.15) is 18.1 Å². The fourth-order valence-corrected chi connectivity index (χ4v) is 5.92. The molecule has 0 bridgehead atoms. The van der Waals surface area contributed by atoms with Gasteiger partial charge in [0.1, 0.15) is 6.54 Å². The molecule has 0 fully saturated rings. The van der Waals surface area contributed by atoms with Gasteiger partial charge in [-0.05, 0) is 37.1 Å². The predicted molar refractivity (Wildman–Crippen MR) is 131 cm³/mol. The molecule has 1 aromatic heterocycles. The lowest BCUT2D eigenvalue weighted by atomic mass is 10.1. The normalized spacial score (nSPS) is 11.2. The first-order valence-electron chi connectivity index (χ1n) is 9.89. The Kier molecular flexibility index (Phi) is 8.05. The summed E-state index contributed by atoms with van der Waals surface area (Å²) in [5.41, 5.74) is 2.25. The summed E-state index contributed by atoms with van der Waals surface area (Å²) >= 11 is 2.69. The minimum Gasteiger partial charge on any atom is -0.299 e. The number of carbonyl (C=O) groups is 1. The molecule has 0 aliphatic rings. The Hall–Kier alpha value is -2.69. The van der Waals surface area contributed by atoms with Crippen molar-refractivity contribution in [2.24, 2.45) is 0 Å². The second kappa shape index (κ2) is 10.8. The first kappa shape index (κ1) is 24.0. The summed E-state index contributed by atoms with van der Waals surface area (Å²) in [5.74, 6) is 0.182. The average molecular weight is 489 g/mol. The number of thioether (sulfide) groups is 1. The third kappa shape index (κ3) is 5.76. The molecule has 0 radical (unpaired) electrons. The Morgan fingerprint density at radius 2 is 1.91 bits per heavy atom. The largest absolute Gasteiger partial charge is 0.299 e. The van der Waals surface area contributed by atoms with Gasteiger partial charge >= 0.3 is 0 Å². The van der Waals surface area contributed by atoms with Gasteiger partial charge in [-0.1, -0.05) is 72.0 Å². The van der Waals surface area contributed by atoms with Crippen molar-refractivity contribution >= 4 is 49.8 Å². The van der Waals surface area contributed by atoms with Crippen LogP contribution in [-0.4, -0.2) is 36.8 Å². The van der Waals surface area contributed by atoms with E-state index in [2.05, 4.69) is 22.1 Å². The highest BCUT2D eigenvalue weighted by Crippen LogP contribution is 2.29. The minimum atomic E-state index is -3.97. The van der Waals surface area contributed by atoms with Crippen molar-refractivity contribution in [3.63, 3.8) is 0 Å². The maximum Gasteiger partial charge on any atom is 0.264 e. The molecule has 10 heteroatoms. The van der Waals surface area contributed by atoms with E-state index >= 15 is 0 Å². The van der Waals surface area contributed by atoms with Crippen LogP contribution in [0.25, 0.3) is 0 Å². The lowest BCUT2D eigenvalue weighted by Crippen LogP contribution is -2.38. The van der Waals surface area contributed by atoms with E-state index in [0.29, 0.717) is 27.3 Å². The van der Waals surface area contributed by atoms with Gasteiger partial charge in [0.2, 0.25) is 11.0 Å². The lowest BCUT2D eigenvalue weighted by molar-refractivity contribution is -0.114. The molecule has 0 saturated carbocycles. The number of carbonyl (C=O) groups excluding carboxylic acids is 1. The number of aromatic nitrogens is 2. The molecule has 1 amide bonds. The van der Waals surface area contributed by atoms with E-state index in [1.807, 2.05) is 26.0 Å². The van der Waals surface area contributed by atoms with Crippen molar-refractivity contribution in [3.8, 4) is 0 Å². The van der Waals surface area contributed by atoms with E-state index in [9.17, 15) is 13.2 Å². The second-order valence-corrected chi connectivity index (χ2v) is 10.9. The molecule has 0 aliphatic heterocycles. The molecule has 7 nitrogen and oxygen atoms in total. The van der Waals surface area contributed by atoms with Crippen molar-refractivity contribution in [3.05, 3.63) is 72.3 Å². The van der Waals surface area contributed by atoms with Gasteiger partial charge in [0, 0.05) is 5.75 Å². The zero-order valence-corrected chi connectivity index (χ0v) is 20.3. The number of amides is 1. The van der Waals surface area contributed by atoms with Crippen LogP contribution >= 0.6 is 23.1 Å². The number of nitrogens with one attached hydrogen (secondary N) is 1. The summed E-state index contributed by atoms with van der Waals surface area (Å²) in [7, 11) is -3.97. The monoisotopic (exact) mass is 488 g/mol. The number of anilines is 2. The molecule has 0 saturated heterocycles. The fourth-order valence-electron chi connectivity index (χ4n) is 2.93. The van der Waals surface area contributed by atoms with E-state index in [0.717, 1.165) is 15.4 Å². The predicted octanol–water partition coefficient (Wildman–Crippen LogP) is 4.52. The van der Waals surface area contributed by atoms with E-state index in [1.54, 1.807) is 42.5 Å². The zero-order valence-electron chi connectivity index (χ0n) is 17.8. The Morgan fingerprint density at radius 1 is 1.19 bits per heavy atom. The molecule has 0 aliphatic carbocycles. The highest BCUT2D eigenvalue weighted by molar-refractivity contribution is 8.01. The van der Waals surface area contributed by atoms with Crippen LogP contribution in [0.2, 0.25) is 0 Å². The highest BCUT2D eigenvalue weighted by atomic mass is 32.2. The molecule has 168 valence electrons. The molecule has 1 heterocycles. The van der Waals surface area contributed by atoms with Crippen molar-refractivity contribution < 1.29 is 13.2 Å². The molecular formula is C22H24N4O3S3. The van der Waals surface area contributed by atoms with Crippen molar-refractivity contribution in [2.75, 3.05) is 21.9 Å². The van der Waals surface area contributed by atoms with Crippen molar-refractivity contribution in [1.29, 1.82) is 0 Å². The lowest BCUT2D eigenvalue weighted by Gasteiger charge is -2.26. The molecule has 2 aromatic carbocycles. The molecule has 0 unspecified atom stereocenters. The Morgan fingerprint density at radius 3 is 2.59 bits per heavy atom. The molecule has 1 N–H and O–H groups in total. The van der Waals surface area contributed by atoms with Gasteiger partial charge in [-0.2, -0.15) is 0 Å². The summed E-state index contributed by atoms with van der Waals surface area (Å²) in [4.78, 5) is 13.0. The van der Waals surface area contributed by atoms with Crippen LogP contribution in [0.4, 0.5) is 10.8 Å². The van der Waals surface area contributed by atoms with Crippen molar-refractivity contribution in [1.82, 2.24) is 10.2 Å². The first-order valence-corrected chi connectivity index (χ1v) is 13.1. The van der Waals surface area contributed by atoms with E-state index in [-0.39, 0.29) is 11.4 Å². The summed E-state index contributed by atoms with van der Waals surface area (Å²) < 4.78 is 28.9. The van der Waals surface area contributed by atoms with Gasteiger partial charge in [-0.25, -0.2) is 8.42 Å². The third-order valence-corrected chi connectivity index (χ3v) is 8.26. The Balaban J connectivity index is 1.90. The van der Waals surface area contributed by atoms with E-state index in [4.69, 9.17) is 0 Å².